The minimum absolute atomic E-state index is 0.0187. The van der Waals surface area contributed by atoms with Gasteiger partial charge in [-0.2, -0.15) is 0 Å². The average Bonchev–Trinajstić information content (AvgIpc) is 2.83. The molecule has 0 fully saturated rings. The van der Waals surface area contributed by atoms with Gasteiger partial charge in [-0.15, -0.1) is 10.2 Å². The second kappa shape index (κ2) is 6.76. The van der Waals surface area contributed by atoms with Crippen LogP contribution in [0.2, 0.25) is 0 Å². The molecule has 0 saturated heterocycles. The van der Waals surface area contributed by atoms with E-state index >= 15 is 0 Å². The highest BCUT2D eigenvalue weighted by Gasteiger charge is 2.16. The lowest BCUT2D eigenvalue weighted by molar-refractivity contribution is -0.133. The van der Waals surface area contributed by atoms with E-state index in [0.717, 1.165) is 29.9 Å². The summed E-state index contributed by atoms with van der Waals surface area (Å²) in [5.41, 5.74) is 3.38. The second-order valence-corrected chi connectivity index (χ2v) is 5.83. The molecule has 0 amide bonds. The van der Waals surface area contributed by atoms with Crippen molar-refractivity contribution < 1.29 is 9.90 Å². The molecule has 0 aliphatic rings. The molecule has 0 atom stereocenters. The van der Waals surface area contributed by atoms with Gasteiger partial charge in [-0.3, -0.25) is 9.36 Å². The highest BCUT2D eigenvalue weighted by molar-refractivity contribution is 7.99. The molecule has 1 heterocycles. The molecule has 1 N–H and O–H groups in total. The van der Waals surface area contributed by atoms with Gasteiger partial charge in [-0.25, -0.2) is 0 Å². The molecular formula is C15H19N3O2S. The second-order valence-electron chi connectivity index (χ2n) is 4.89. The van der Waals surface area contributed by atoms with Crippen LogP contribution in [-0.4, -0.2) is 31.6 Å². The number of benzene rings is 1. The first kappa shape index (κ1) is 15.6. The van der Waals surface area contributed by atoms with Crippen molar-refractivity contribution in [2.45, 2.75) is 38.8 Å². The summed E-state index contributed by atoms with van der Waals surface area (Å²) < 4.78 is 1.99. The number of hydrogen-bond donors (Lipinski definition) is 1. The summed E-state index contributed by atoms with van der Waals surface area (Å²) in [5.74, 6) is 0.00131. The summed E-state index contributed by atoms with van der Waals surface area (Å²) in [7, 11) is 0. The van der Waals surface area contributed by atoms with E-state index in [1.807, 2.05) is 16.7 Å². The van der Waals surface area contributed by atoms with Gasteiger partial charge in [0.05, 0.1) is 11.4 Å². The van der Waals surface area contributed by atoms with E-state index in [2.05, 4.69) is 37.0 Å². The third-order valence-corrected chi connectivity index (χ3v) is 4.23. The predicted molar refractivity (Wildman–Crippen MR) is 83.2 cm³/mol. The van der Waals surface area contributed by atoms with E-state index in [1.165, 1.54) is 17.3 Å². The Hall–Kier alpha value is -1.82. The van der Waals surface area contributed by atoms with E-state index in [0.29, 0.717) is 5.16 Å². The normalized spacial score (nSPS) is 10.8. The number of rotatable bonds is 6. The van der Waals surface area contributed by atoms with Crippen LogP contribution in [0.1, 0.15) is 30.3 Å². The molecular weight excluding hydrogens is 286 g/mol. The number of aryl methyl sites for hydroxylation is 2. The smallest absolute Gasteiger partial charge is 0.313 e. The van der Waals surface area contributed by atoms with Crippen LogP contribution in [0, 0.1) is 13.8 Å². The largest absolute Gasteiger partial charge is 0.481 e. The van der Waals surface area contributed by atoms with Gasteiger partial charge in [0.2, 0.25) is 0 Å². The Labute approximate surface area is 128 Å². The Morgan fingerprint density at radius 1 is 1.33 bits per heavy atom. The summed E-state index contributed by atoms with van der Waals surface area (Å²) in [6.07, 6.45) is 1.78. The van der Waals surface area contributed by atoms with Crippen molar-refractivity contribution in [2.75, 3.05) is 5.75 Å². The molecule has 5 nitrogen and oxygen atoms in total. The zero-order valence-electron chi connectivity index (χ0n) is 12.5. The number of aliphatic carboxylic acids is 1. The number of aromatic nitrogens is 3. The standard InChI is InChI=1S/C15H19N3O2S/c1-4-6-13-16-17-15(21-9-14(19)20)18(13)12-8-5-7-10(2)11(12)3/h5,7-8H,4,6,9H2,1-3H3,(H,19,20). The van der Waals surface area contributed by atoms with Gasteiger partial charge in [-0.05, 0) is 37.5 Å². The van der Waals surface area contributed by atoms with E-state index in [4.69, 9.17) is 5.11 Å². The first-order chi connectivity index (χ1) is 10.0. The van der Waals surface area contributed by atoms with Gasteiger partial charge in [0.15, 0.2) is 5.16 Å². The molecule has 2 rings (SSSR count). The summed E-state index contributed by atoms with van der Waals surface area (Å²) in [4.78, 5) is 10.8. The van der Waals surface area contributed by atoms with Gasteiger partial charge in [0.1, 0.15) is 5.82 Å². The van der Waals surface area contributed by atoms with Crippen LogP contribution in [0.4, 0.5) is 0 Å². The highest BCUT2D eigenvalue weighted by atomic mass is 32.2. The molecule has 1 aromatic carbocycles. The molecule has 1 aromatic heterocycles. The fourth-order valence-electron chi connectivity index (χ4n) is 2.13. The number of thioether (sulfide) groups is 1. The minimum atomic E-state index is -0.854. The van der Waals surface area contributed by atoms with Crippen molar-refractivity contribution in [1.82, 2.24) is 14.8 Å². The highest BCUT2D eigenvalue weighted by Crippen LogP contribution is 2.26. The Balaban J connectivity index is 2.50. The van der Waals surface area contributed by atoms with E-state index in [9.17, 15) is 4.79 Å². The SMILES string of the molecule is CCCc1nnc(SCC(=O)O)n1-c1cccc(C)c1C. The van der Waals surface area contributed by atoms with Crippen LogP contribution >= 0.6 is 11.8 Å². The fourth-order valence-corrected chi connectivity index (χ4v) is 2.81. The van der Waals surface area contributed by atoms with Gasteiger partial charge in [-0.1, -0.05) is 30.8 Å². The van der Waals surface area contributed by atoms with Crippen molar-refractivity contribution >= 4 is 17.7 Å². The average molecular weight is 305 g/mol. The van der Waals surface area contributed by atoms with Crippen molar-refractivity contribution in [1.29, 1.82) is 0 Å². The van der Waals surface area contributed by atoms with Crippen LogP contribution in [0.25, 0.3) is 5.69 Å². The lowest BCUT2D eigenvalue weighted by Crippen LogP contribution is -2.07. The van der Waals surface area contributed by atoms with E-state index < -0.39 is 5.97 Å². The van der Waals surface area contributed by atoms with E-state index in [-0.39, 0.29) is 5.75 Å². The molecule has 0 unspecified atom stereocenters. The van der Waals surface area contributed by atoms with Crippen molar-refractivity contribution in [3.05, 3.63) is 35.2 Å². The van der Waals surface area contributed by atoms with Crippen LogP contribution in [0.3, 0.4) is 0 Å². The summed E-state index contributed by atoms with van der Waals surface area (Å²) in [5, 5.41) is 17.9. The Morgan fingerprint density at radius 2 is 2.10 bits per heavy atom. The third kappa shape index (κ3) is 3.44. The zero-order chi connectivity index (χ0) is 15.4. The quantitative estimate of drug-likeness (QED) is 0.831. The van der Waals surface area contributed by atoms with Crippen molar-refractivity contribution in [3.8, 4) is 5.69 Å². The van der Waals surface area contributed by atoms with Gasteiger partial charge >= 0.3 is 5.97 Å². The molecule has 6 heteroatoms. The lowest BCUT2D eigenvalue weighted by Gasteiger charge is -2.13. The molecule has 0 bridgehead atoms. The molecule has 112 valence electrons. The fraction of sp³-hybridized carbons (Fsp3) is 0.400. The molecule has 0 radical (unpaired) electrons. The summed E-state index contributed by atoms with van der Waals surface area (Å²) in [6.45, 7) is 6.21. The maximum Gasteiger partial charge on any atom is 0.313 e. The van der Waals surface area contributed by atoms with Gasteiger partial charge in [0, 0.05) is 6.42 Å². The molecule has 0 aliphatic heterocycles. The molecule has 0 aliphatic carbocycles. The Kier molecular flexibility index (Phi) is 5.01. The van der Waals surface area contributed by atoms with E-state index in [1.54, 1.807) is 0 Å². The number of carbonyl (C=O) groups is 1. The third-order valence-electron chi connectivity index (χ3n) is 3.32. The van der Waals surface area contributed by atoms with Gasteiger partial charge in [0.25, 0.3) is 0 Å². The molecule has 21 heavy (non-hydrogen) atoms. The minimum Gasteiger partial charge on any atom is -0.481 e. The Bertz CT molecular complexity index is 652. The van der Waals surface area contributed by atoms with Crippen LogP contribution in [0.5, 0.6) is 0 Å². The lowest BCUT2D eigenvalue weighted by atomic mass is 10.1. The Morgan fingerprint density at radius 3 is 2.76 bits per heavy atom. The number of hydrogen-bond acceptors (Lipinski definition) is 4. The predicted octanol–water partition coefficient (Wildman–Crippen LogP) is 3.01. The topological polar surface area (TPSA) is 68.0 Å². The van der Waals surface area contributed by atoms with Crippen LogP contribution in [0.15, 0.2) is 23.4 Å². The first-order valence-corrected chi connectivity index (χ1v) is 7.88. The van der Waals surface area contributed by atoms with Crippen molar-refractivity contribution in [2.24, 2.45) is 0 Å². The maximum atomic E-state index is 10.8. The molecule has 0 spiro atoms. The molecule has 2 aromatic rings. The number of carboxylic acid groups (broad SMARTS) is 1. The van der Waals surface area contributed by atoms with Gasteiger partial charge < -0.3 is 5.11 Å². The summed E-state index contributed by atoms with van der Waals surface area (Å²) >= 11 is 1.20. The monoisotopic (exact) mass is 305 g/mol. The first-order valence-electron chi connectivity index (χ1n) is 6.90. The molecule has 0 saturated carbocycles. The number of carboxylic acids is 1. The summed E-state index contributed by atoms with van der Waals surface area (Å²) in [6, 6.07) is 6.08. The maximum absolute atomic E-state index is 10.8. The van der Waals surface area contributed by atoms with Crippen molar-refractivity contribution in [3.63, 3.8) is 0 Å². The van der Waals surface area contributed by atoms with Crippen LogP contribution in [-0.2, 0) is 11.2 Å². The van der Waals surface area contributed by atoms with Crippen LogP contribution < -0.4 is 0 Å². The number of nitrogens with zero attached hydrogens (tertiary/aromatic N) is 3. The zero-order valence-corrected chi connectivity index (χ0v) is 13.3.